The molecule has 1 N–H and O–H groups in total. The standard InChI is InChI=1S/C20H18N4O2S/c1-14-11-18-21-22-20(24(18)17-10-6-5-9-16(14)17)27-13-19(25)23-26-12-15-7-3-2-4-8-15/h2-11H,12-13H2,1H3,(H,23,25). The lowest BCUT2D eigenvalue weighted by molar-refractivity contribution is -0.131. The number of aryl methyl sites for hydroxylation is 1. The molecule has 0 atom stereocenters. The first-order valence-corrected chi connectivity index (χ1v) is 9.52. The number of hydroxylamine groups is 1. The molecule has 1 amide bonds. The van der Waals surface area contributed by atoms with E-state index in [2.05, 4.69) is 28.7 Å². The van der Waals surface area contributed by atoms with Crippen LogP contribution in [0.2, 0.25) is 0 Å². The molecule has 0 fully saturated rings. The zero-order valence-electron chi connectivity index (χ0n) is 14.8. The number of pyridine rings is 1. The third-order valence-corrected chi connectivity index (χ3v) is 5.10. The van der Waals surface area contributed by atoms with E-state index in [0.29, 0.717) is 11.8 Å². The Morgan fingerprint density at radius 2 is 1.89 bits per heavy atom. The third kappa shape index (κ3) is 3.79. The summed E-state index contributed by atoms with van der Waals surface area (Å²) >= 11 is 1.33. The largest absolute Gasteiger partial charge is 0.272 e. The second kappa shape index (κ2) is 7.77. The Labute approximate surface area is 160 Å². The molecule has 0 radical (unpaired) electrons. The third-order valence-electron chi connectivity index (χ3n) is 4.17. The van der Waals surface area contributed by atoms with E-state index in [1.807, 2.05) is 59.0 Å². The van der Waals surface area contributed by atoms with E-state index in [9.17, 15) is 4.79 Å². The molecule has 136 valence electrons. The van der Waals surface area contributed by atoms with Crippen LogP contribution in [0.3, 0.4) is 0 Å². The van der Waals surface area contributed by atoms with Crippen molar-refractivity contribution in [2.45, 2.75) is 18.7 Å². The van der Waals surface area contributed by atoms with Gasteiger partial charge in [0.15, 0.2) is 10.8 Å². The Kier molecular flexibility index (Phi) is 5.04. The molecule has 2 aromatic heterocycles. The van der Waals surface area contributed by atoms with Gasteiger partial charge in [-0.2, -0.15) is 0 Å². The second-order valence-corrected chi connectivity index (χ2v) is 7.05. The summed E-state index contributed by atoms with van der Waals surface area (Å²) in [5, 5.41) is 10.3. The van der Waals surface area contributed by atoms with E-state index in [1.165, 1.54) is 11.8 Å². The summed E-state index contributed by atoms with van der Waals surface area (Å²) in [6, 6.07) is 19.8. The lowest BCUT2D eigenvalue weighted by Crippen LogP contribution is -2.25. The Bertz CT molecular complexity index is 1100. The van der Waals surface area contributed by atoms with Crippen molar-refractivity contribution in [2.24, 2.45) is 0 Å². The number of fused-ring (bicyclic) bond motifs is 3. The molecular formula is C20H18N4O2S. The van der Waals surface area contributed by atoms with Gasteiger partial charge in [0.2, 0.25) is 0 Å². The molecule has 6 nitrogen and oxygen atoms in total. The minimum absolute atomic E-state index is 0.192. The summed E-state index contributed by atoms with van der Waals surface area (Å²) in [6.07, 6.45) is 0. The molecule has 2 heterocycles. The van der Waals surface area contributed by atoms with Crippen LogP contribution in [0.4, 0.5) is 0 Å². The van der Waals surface area contributed by atoms with Gasteiger partial charge in [0.1, 0.15) is 0 Å². The summed E-state index contributed by atoms with van der Waals surface area (Å²) in [5.41, 5.74) is 6.42. The lowest BCUT2D eigenvalue weighted by atomic mass is 10.1. The molecule has 4 aromatic rings. The Hall–Kier alpha value is -2.90. The number of rotatable bonds is 6. The van der Waals surface area contributed by atoms with E-state index in [4.69, 9.17) is 4.84 Å². The summed E-state index contributed by atoms with van der Waals surface area (Å²) < 4.78 is 1.98. The van der Waals surface area contributed by atoms with Crippen molar-refractivity contribution in [1.82, 2.24) is 20.1 Å². The van der Waals surface area contributed by atoms with E-state index in [1.54, 1.807) is 0 Å². The maximum absolute atomic E-state index is 12.1. The highest BCUT2D eigenvalue weighted by Crippen LogP contribution is 2.25. The lowest BCUT2D eigenvalue weighted by Gasteiger charge is -2.08. The molecule has 7 heteroatoms. The molecule has 0 saturated carbocycles. The fourth-order valence-electron chi connectivity index (χ4n) is 2.90. The van der Waals surface area contributed by atoms with Crippen LogP contribution in [-0.2, 0) is 16.2 Å². The van der Waals surface area contributed by atoms with Crippen LogP contribution < -0.4 is 5.48 Å². The van der Waals surface area contributed by atoms with Gasteiger partial charge in [-0.15, -0.1) is 10.2 Å². The van der Waals surface area contributed by atoms with Crippen LogP contribution in [0, 0.1) is 6.92 Å². The van der Waals surface area contributed by atoms with Crippen molar-refractivity contribution in [2.75, 3.05) is 5.75 Å². The fourth-order valence-corrected chi connectivity index (χ4v) is 3.64. The van der Waals surface area contributed by atoms with Crippen molar-refractivity contribution in [3.05, 3.63) is 71.8 Å². The second-order valence-electron chi connectivity index (χ2n) is 6.11. The zero-order valence-corrected chi connectivity index (χ0v) is 15.6. The molecule has 0 bridgehead atoms. The van der Waals surface area contributed by atoms with Gasteiger partial charge in [-0.05, 0) is 30.2 Å². The van der Waals surface area contributed by atoms with Crippen molar-refractivity contribution in [3.63, 3.8) is 0 Å². The monoisotopic (exact) mass is 378 g/mol. The smallest absolute Gasteiger partial charge is 0.254 e. The topological polar surface area (TPSA) is 68.5 Å². The van der Waals surface area contributed by atoms with E-state index in [0.717, 1.165) is 27.7 Å². The number of nitrogens with one attached hydrogen (secondary N) is 1. The Morgan fingerprint density at radius 1 is 1.11 bits per heavy atom. The van der Waals surface area contributed by atoms with Gasteiger partial charge >= 0.3 is 0 Å². The molecule has 0 aliphatic rings. The molecular weight excluding hydrogens is 360 g/mol. The predicted octanol–water partition coefficient (Wildman–Crippen LogP) is 3.53. The quantitative estimate of drug-likeness (QED) is 0.411. The minimum Gasteiger partial charge on any atom is -0.272 e. The number of amides is 1. The molecule has 4 rings (SSSR count). The van der Waals surface area contributed by atoms with Crippen LogP contribution in [0.25, 0.3) is 16.6 Å². The van der Waals surface area contributed by atoms with Crippen LogP contribution in [0.5, 0.6) is 0 Å². The van der Waals surface area contributed by atoms with Crippen LogP contribution >= 0.6 is 11.8 Å². The fraction of sp³-hybridized carbons (Fsp3) is 0.150. The van der Waals surface area contributed by atoms with Crippen molar-refractivity contribution < 1.29 is 9.63 Å². The summed E-state index contributed by atoms with van der Waals surface area (Å²) in [6.45, 7) is 2.39. The van der Waals surface area contributed by atoms with Gasteiger partial charge in [0, 0.05) is 5.39 Å². The zero-order chi connectivity index (χ0) is 18.6. The van der Waals surface area contributed by atoms with E-state index in [-0.39, 0.29) is 11.7 Å². The average Bonchev–Trinajstić information content (AvgIpc) is 3.10. The van der Waals surface area contributed by atoms with E-state index < -0.39 is 0 Å². The predicted molar refractivity (Wildman–Crippen MR) is 105 cm³/mol. The molecule has 27 heavy (non-hydrogen) atoms. The maximum Gasteiger partial charge on any atom is 0.254 e. The summed E-state index contributed by atoms with van der Waals surface area (Å²) in [5.74, 6) is -0.0262. The number of hydrogen-bond donors (Lipinski definition) is 1. The van der Waals surface area contributed by atoms with Crippen molar-refractivity contribution in [3.8, 4) is 0 Å². The first-order chi connectivity index (χ1) is 13.2. The Balaban J connectivity index is 1.43. The molecule has 0 aliphatic carbocycles. The van der Waals surface area contributed by atoms with E-state index >= 15 is 0 Å². The number of carbonyl (C=O) groups excluding carboxylic acids is 1. The van der Waals surface area contributed by atoms with Gasteiger partial charge < -0.3 is 0 Å². The molecule has 0 unspecified atom stereocenters. The maximum atomic E-state index is 12.1. The van der Waals surface area contributed by atoms with Gasteiger partial charge in [-0.1, -0.05) is 60.3 Å². The minimum atomic E-state index is -0.218. The number of carbonyl (C=O) groups is 1. The van der Waals surface area contributed by atoms with Crippen molar-refractivity contribution in [1.29, 1.82) is 0 Å². The number of thioether (sulfide) groups is 1. The first kappa shape index (κ1) is 17.5. The number of benzene rings is 2. The molecule has 2 aromatic carbocycles. The van der Waals surface area contributed by atoms with Crippen LogP contribution in [-0.4, -0.2) is 26.3 Å². The van der Waals surface area contributed by atoms with Crippen LogP contribution in [0.15, 0.2) is 65.8 Å². The summed E-state index contributed by atoms with van der Waals surface area (Å²) in [4.78, 5) is 17.3. The molecule has 0 saturated heterocycles. The van der Waals surface area contributed by atoms with Gasteiger partial charge in [-0.3, -0.25) is 14.0 Å². The van der Waals surface area contributed by atoms with Gasteiger partial charge in [0.05, 0.1) is 17.9 Å². The SMILES string of the molecule is Cc1cc2nnc(SCC(=O)NOCc3ccccc3)n2c2ccccc12. The van der Waals surface area contributed by atoms with Crippen LogP contribution in [0.1, 0.15) is 11.1 Å². The highest BCUT2D eigenvalue weighted by molar-refractivity contribution is 7.99. The highest BCUT2D eigenvalue weighted by Gasteiger charge is 2.13. The molecule has 0 aliphatic heterocycles. The van der Waals surface area contributed by atoms with Gasteiger partial charge in [0.25, 0.3) is 5.91 Å². The van der Waals surface area contributed by atoms with Gasteiger partial charge in [-0.25, -0.2) is 5.48 Å². The highest BCUT2D eigenvalue weighted by atomic mass is 32.2. The molecule has 0 spiro atoms. The Morgan fingerprint density at radius 3 is 2.74 bits per heavy atom. The average molecular weight is 378 g/mol. The number of para-hydroxylation sites is 1. The van der Waals surface area contributed by atoms with Crippen molar-refractivity contribution >= 4 is 34.2 Å². The number of hydrogen-bond acceptors (Lipinski definition) is 5. The number of nitrogens with zero attached hydrogens (tertiary/aromatic N) is 3. The summed E-state index contributed by atoms with van der Waals surface area (Å²) in [7, 11) is 0. The first-order valence-electron chi connectivity index (χ1n) is 8.53. The number of aromatic nitrogens is 3. The normalized spacial score (nSPS) is 11.1.